The Hall–Kier alpha value is -5.28. The van der Waals surface area contributed by atoms with Gasteiger partial charge in [0.1, 0.15) is 5.75 Å². The van der Waals surface area contributed by atoms with E-state index >= 15 is 0 Å². The van der Waals surface area contributed by atoms with Gasteiger partial charge in [0.2, 0.25) is 0 Å². The van der Waals surface area contributed by atoms with Crippen LogP contribution in [-0.4, -0.2) is 7.11 Å². The topological polar surface area (TPSA) is 15.7 Å². The van der Waals surface area contributed by atoms with E-state index in [1.165, 1.54) is 27.8 Å². The average Bonchev–Trinajstić information content (AvgIpc) is 3.05. The molecule has 0 bridgehead atoms. The molecule has 6 aromatic carbocycles. The highest BCUT2D eigenvalue weighted by molar-refractivity contribution is 5.84. The van der Waals surface area contributed by atoms with E-state index in [2.05, 4.69) is 178 Å². The van der Waals surface area contributed by atoms with Gasteiger partial charge in [-0.05, 0) is 124 Å². The second kappa shape index (κ2) is 12.8. The highest BCUT2D eigenvalue weighted by Crippen LogP contribution is 2.43. The fourth-order valence-electron chi connectivity index (χ4n) is 5.76. The standard InChI is InChI=1S/C42H40N2O/c1-29-7-17-36(18-8-29)43(37-19-9-30(2)10-20-37)40-25-15-34(27-33(40)5)35-16-26-41(42(28-35)45-6)44(38-21-11-31(3)12-22-38)39-23-13-32(4)14-24-39/h7-28H,1-6H3. The summed E-state index contributed by atoms with van der Waals surface area (Å²) in [6.07, 6.45) is 0. The van der Waals surface area contributed by atoms with Crippen molar-refractivity contribution < 1.29 is 4.74 Å². The summed E-state index contributed by atoms with van der Waals surface area (Å²) in [5.41, 5.74) is 15.0. The Balaban J connectivity index is 1.40. The van der Waals surface area contributed by atoms with Crippen LogP contribution in [0.25, 0.3) is 11.1 Å². The number of hydrogen-bond acceptors (Lipinski definition) is 3. The van der Waals surface area contributed by atoms with Crippen LogP contribution in [0.5, 0.6) is 5.75 Å². The molecular weight excluding hydrogens is 548 g/mol. The first-order chi connectivity index (χ1) is 21.8. The van der Waals surface area contributed by atoms with Gasteiger partial charge in [-0.2, -0.15) is 0 Å². The number of nitrogens with zero attached hydrogens (tertiary/aromatic N) is 2. The smallest absolute Gasteiger partial charge is 0.143 e. The van der Waals surface area contributed by atoms with Crippen LogP contribution < -0.4 is 14.5 Å². The summed E-state index contributed by atoms with van der Waals surface area (Å²) in [6, 6.07) is 48.0. The zero-order chi connectivity index (χ0) is 31.5. The lowest BCUT2D eigenvalue weighted by atomic mass is 10.00. The highest BCUT2D eigenvalue weighted by atomic mass is 16.5. The Morgan fingerprint density at radius 3 is 1.07 bits per heavy atom. The second-order valence-electron chi connectivity index (χ2n) is 11.9. The fourth-order valence-corrected chi connectivity index (χ4v) is 5.76. The molecule has 0 amide bonds. The number of benzene rings is 6. The maximum absolute atomic E-state index is 6.06. The van der Waals surface area contributed by atoms with Crippen molar-refractivity contribution >= 4 is 34.1 Å². The molecule has 0 atom stereocenters. The van der Waals surface area contributed by atoms with Gasteiger partial charge >= 0.3 is 0 Å². The molecule has 45 heavy (non-hydrogen) atoms. The summed E-state index contributed by atoms with van der Waals surface area (Å²) >= 11 is 0. The number of rotatable bonds is 8. The SMILES string of the molecule is COc1cc(-c2ccc(N(c3ccc(C)cc3)c3ccc(C)cc3)c(C)c2)ccc1N(c1ccc(C)cc1)c1ccc(C)cc1. The Morgan fingerprint density at radius 1 is 0.378 bits per heavy atom. The number of anilines is 6. The Kier molecular flexibility index (Phi) is 8.44. The second-order valence-corrected chi connectivity index (χ2v) is 11.9. The van der Waals surface area contributed by atoms with Crippen LogP contribution in [-0.2, 0) is 0 Å². The lowest BCUT2D eigenvalue weighted by Gasteiger charge is -2.28. The first-order valence-electron chi connectivity index (χ1n) is 15.5. The van der Waals surface area contributed by atoms with Crippen LogP contribution in [0.3, 0.4) is 0 Å². The van der Waals surface area contributed by atoms with Crippen molar-refractivity contribution in [1.29, 1.82) is 0 Å². The van der Waals surface area contributed by atoms with E-state index in [4.69, 9.17) is 4.74 Å². The summed E-state index contributed by atoms with van der Waals surface area (Å²) in [5, 5.41) is 0. The van der Waals surface area contributed by atoms with Gasteiger partial charge in [-0.25, -0.2) is 0 Å². The largest absolute Gasteiger partial charge is 0.495 e. The zero-order valence-electron chi connectivity index (χ0n) is 27.0. The molecule has 0 N–H and O–H groups in total. The molecule has 0 radical (unpaired) electrons. The quantitative estimate of drug-likeness (QED) is 0.176. The maximum Gasteiger partial charge on any atom is 0.143 e. The van der Waals surface area contributed by atoms with E-state index in [9.17, 15) is 0 Å². The van der Waals surface area contributed by atoms with Gasteiger partial charge in [0.15, 0.2) is 0 Å². The summed E-state index contributed by atoms with van der Waals surface area (Å²) in [5.74, 6) is 0.816. The summed E-state index contributed by atoms with van der Waals surface area (Å²) in [7, 11) is 1.75. The van der Waals surface area contributed by atoms with Crippen molar-refractivity contribution in [2.75, 3.05) is 16.9 Å². The van der Waals surface area contributed by atoms with E-state index in [1.807, 2.05) is 0 Å². The monoisotopic (exact) mass is 588 g/mol. The molecule has 6 rings (SSSR count). The van der Waals surface area contributed by atoms with Crippen LogP contribution in [0.15, 0.2) is 133 Å². The third-order valence-electron chi connectivity index (χ3n) is 8.36. The molecule has 224 valence electrons. The molecular formula is C42H40N2O. The fraction of sp³-hybridized carbons (Fsp3) is 0.143. The Labute approximate surface area is 268 Å². The predicted molar refractivity (Wildman–Crippen MR) is 191 cm³/mol. The van der Waals surface area contributed by atoms with E-state index in [1.54, 1.807) is 7.11 Å². The molecule has 0 spiro atoms. The van der Waals surface area contributed by atoms with Gasteiger partial charge in [-0.1, -0.05) is 82.9 Å². The number of aryl methyl sites for hydroxylation is 5. The van der Waals surface area contributed by atoms with Crippen molar-refractivity contribution in [3.8, 4) is 16.9 Å². The first-order valence-corrected chi connectivity index (χ1v) is 15.5. The minimum Gasteiger partial charge on any atom is -0.495 e. The molecule has 0 fully saturated rings. The van der Waals surface area contributed by atoms with E-state index < -0.39 is 0 Å². The van der Waals surface area contributed by atoms with Gasteiger partial charge in [0.25, 0.3) is 0 Å². The molecule has 0 saturated carbocycles. The Bertz CT molecular complexity index is 1810. The first kappa shape index (κ1) is 29.8. The summed E-state index contributed by atoms with van der Waals surface area (Å²) < 4.78 is 6.06. The van der Waals surface area contributed by atoms with Gasteiger partial charge in [0, 0.05) is 28.4 Å². The van der Waals surface area contributed by atoms with Crippen LogP contribution in [0.4, 0.5) is 34.1 Å². The average molecular weight is 589 g/mol. The van der Waals surface area contributed by atoms with Gasteiger partial charge in [-0.3, -0.25) is 0 Å². The van der Waals surface area contributed by atoms with Crippen molar-refractivity contribution in [2.24, 2.45) is 0 Å². The molecule has 0 aliphatic rings. The van der Waals surface area contributed by atoms with Gasteiger partial charge in [0.05, 0.1) is 12.8 Å². The van der Waals surface area contributed by atoms with Crippen LogP contribution in [0, 0.1) is 34.6 Å². The van der Waals surface area contributed by atoms with Crippen molar-refractivity contribution in [3.63, 3.8) is 0 Å². The molecule has 0 aliphatic carbocycles. The Morgan fingerprint density at radius 2 is 0.711 bits per heavy atom. The molecule has 0 heterocycles. The van der Waals surface area contributed by atoms with Crippen molar-refractivity contribution in [2.45, 2.75) is 34.6 Å². The predicted octanol–water partition coefficient (Wildman–Crippen LogP) is 11.8. The van der Waals surface area contributed by atoms with Crippen LogP contribution in [0.2, 0.25) is 0 Å². The highest BCUT2D eigenvalue weighted by Gasteiger charge is 2.19. The van der Waals surface area contributed by atoms with E-state index in [-0.39, 0.29) is 0 Å². The zero-order valence-corrected chi connectivity index (χ0v) is 27.0. The third-order valence-corrected chi connectivity index (χ3v) is 8.36. The molecule has 3 nitrogen and oxygen atoms in total. The van der Waals surface area contributed by atoms with Gasteiger partial charge < -0.3 is 14.5 Å². The summed E-state index contributed by atoms with van der Waals surface area (Å²) in [6.45, 7) is 10.7. The lowest BCUT2D eigenvalue weighted by Crippen LogP contribution is -2.12. The minimum absolute atomic E-state index is 0.816. The van der Waals surface area contributed by atoms with Crippen molar-refractivity contribution in [3.05, 3.63) is 161 Å². The van der Waals surface area contributed by atoms with E-state index in [0.29, 0.717) is 0 Å². The summed E-state index contributed by atoms with van der Waals surface area (Å²) in [4.78, 5) is 4.60. The number of methoxy groups -OCH3 is 1. The molecule has 0 aliphatic heterocycles. The normalized spacial score (nSPS) is 10.9. The molecule has 0 saturated heterocycles. The number of ether oxygens (including phenoxy) is 1. The molecule has 6 aromatic rings. The third kappa shape index (κ3) is 6.34. The van der Waals surface area contributed by atoms with Crippen LogP contribution in [0.1, 0.15) is 27.8 Å². The molecule has 3 heteroatoms. The van der Waals surface area contributed by atoms with Gasteiger partial charge in [-0.15, -0.1) is 0 Å². The number of hydrogen-bond donors (Lipinski definition) is 0. The molecule has 0 aromatic heterocycles. The van der Waals surface area contributed by atoms with Crippen molar-refractivity contribution in [1.82, 2.24) is 0 Å². The maximum atomic E-state index is 6.06. The van der Waals surface area contributed by atoms with Crippen LogP contribution >= 0.6 is 0 Å². The van der Waals surface area contributed by atoms with E-state index in [0.717, 1.165) is 51.0 Å². The minimum atomic E-state index is 0.816. The molecule has 0 unspecified atom stereocenters. The lowest BCUT2D eigenvalue weighted by molar-refractivity contribution is 0.416.